The molecule has 1 aliphatic carbocycles. The molecular formula is C21H25N5O. The molecule has 2 aromatic rings. The van der Waals surface area contributed by atoms with Gasteiger partial charge in [0.2, 0.25) is 0 Å². The van der Waals surface area contributed by atoms with E-state index in [1.54, 1.807) is 18.3 Å². The summed E-state index contributed by atoms with van der Waals surface area (Å²) in [6.45, 7) is 3.93. The number of anilines is 1. The van der Waals surface area contributed by atoms with E-state index in [0.717, 1.165) is 36.1 Å². The van der Waals surface area contributed by atoms with Crippen molar-refractivity contribution in [3.05, 3.63) is 58.9 Å². The van der Waals surface area contributed by atoms with E-state index in [4.69, 9.17) is 11.0 Å². The van der Waals surface area contributed by atoms with Gasteiger partial charge < -0.3 is 16.4 Å². The van der Waals surface area contributed by atoms with Gasteiger partial charge in [-0.2, -0.15) is 5.26 Å². The Morgan fingerprint density at radius 2 is 2.11 bits per heavy atom. The number of fused-ring (bicyclic) bond motifs is 1. The molecule has 1 heterocycles. The number of pyridine rings is 1. The zero-order valence-electron chi connectivity index (χ0n) is 15.7. The fraction of sp³-hybridized carbons (Fsp3) is 0.381. The summed E-state index contributed by atoms with van der Waals surface area (Å²) >= 11 is 0. The summed E-state index contributed by atoms with van der Waals surface area (Å²) in [6.07, 6.45) is 4.99. The zero-order valence-corrected chi connectivity index (χ0v) is 15.7. The van der Waals surface area contributed by atoms with Crippen molar-refractivity contribution in [3.63, 3.8) is 0 Å². The molecular weight excluding hydrogens is 338 g/mol. The monoisotopic (exact) mass is 363 g/mol. The molecule has 1 aliphatic rings. The zero-order chi connectivity index (χ0) is 19.4. The Balaban J connectivity index is 1.60. The SMILES string of the molecule is CC(C)(Cc1ccc(C#N)cc1)NC(=O)Nc1cnc2c(c1)CC(N)CC2. The second-order valence-electron chi connectivity index (χ2n) is 7.78. The number of nitrogens with one attached hydrogen (secondary N) is 2. The predicted molar refractivity (Wildman–Crippen MR) is 105 cm³/mol. The first-order valence-corrected chi connectivity index (χ1v) is 9.16. The normalized spacial score (nSPS) is 16.1. The van der Waals surface area contributed by atoms with Crippen LogP contribution in [-0.2, 0) is 19.3 Å². The molecule has 1 unspecified atom stereocenters. The average Bonchev–Trinajstić information content (AvgIpc) is 2.61. The van der Waals surface area contributed by atoms with Gasteiger partial charge in [-0.05, 0) is 68.9 Å². The lowest BCUT2D eigenvalue weighted by Crippen LogP contribution is -2.47. The third-order valence-corrected chi connectivity index (χ3v) is 4.73. The Labute approximate surface area is 159 Å². The van der Waals surface area contributed by atoms with Crippen molar-refractivity contribution in [1.82, 2.24) is 10.3 Å². The summed E-state index contributed by atoms with van der Waals surface area (Å²) in [5.74, 6) is 0. The molecule has 4 N–H and O–H groups in total. The lowest BCUT2D eigenvalue weighted by molar-refractivity contribution is 0.241. The van der Waals surface area contributed by atoms with Crippen molar-refractivity contribution in [2.45, 2.75) is 51.1 Å². The van der Waals surface area contributed by atoms with E-state index in [-0.39, 0.29) is 12.1 Å². The number of nitriles is 1. The van der Waals surface area contributed by atoms with Crippen molar-refractivity contribution < 1.29 is 4.79 Å². The van der Waals surface area contributed by atoms with Crippen LogP contribution in [0.4, 0.5) is 10.5 Å². The molecule has 3 rings (SSSR count). The van der Waals surface area contributed by atoms with Crippen LogP contribution in [0.15, 0.2) is 36.5 Å². The number of rotatable bonds is 4. The smallest absolute Gasteiger partial charge is 0.319 e. The number of amides is 2. The van der Waals surface area contributed by atoms with Gasteiger partial charge in [-0.25, -0.2) is 4.79 Å². The number of carbonyl (C=O) groups is 1. The minimum Gasteiger partial charge on any atom is -0.333 e. The number of hydrogen-bond acceptors (Lipinski definition) is 4. The summed E-state index contributed by atoms with van der Waals surface area (Å²) in [7, 11) is 0. The molecule has 1 aromatic heterocycles. The molecule has 1 atom stereocenters. The van der Waals surface area contributed by atoms with E-state index >= 15 is 0 Å². The van der Waals surface area contributed by atoms with Crippen molar-refractivity contribution in [3.8, 4) is 6.07 Å². The molecule has 0 saturated heterocycles. The topological polar surface area (TPSA) is 104 Å². The largest absolute Gasteiger partial charge is 0.333 e. The van der Waals surface area contributed by atoms with E-state index in [1.165, 1.54) is 0 Å². The second-order valence-corrected chi connectivity index (χ2v) is 7.78. The van der Waals surface area contributed by atoms with Crippen LogP contribution in [0.3, 0.4) is 0 Å². The first-order chi connectivity index (χ1) is 12.8. The van der Waals surface area contributed by atoms with Gasteiger partial charge in [-0.15, -0.1) is 0 Å². The van der Waals surface area contributed by atoms with Crippen molar-refractivity contribution in [1.29, 1.82) is 5.26 Å². The summed E-state index contributed by atoms with van der Waals surface area (Å²) in [5, 5.41) is 14.8. The number of nitrogens with two attached hydrogens (primary N) is 1. The minimum atomic E-state index is -0.442. The van der Waals surface area contributed by atoms with Crippen LogP contribution in [0, 0.1) is 11.3 Å². The Kier molecular flexibility index (Phi) is 5.43. The fourth-order valence-corrected chi connectivity index (χ4v) is 3.44. The van der Waals surface area contributed by atoms with Crippen molar-refractivity contribution in [2.75, 3.05) is 5.32 Å². The first kappa shape index (κ1) is 18.9. The summed E-state index contributed by atoms with van der Waals surface area (Å²) in [6, 6.07) is 11.4. The number of aryl methyl sites for hydroxylation is 1. The highest BCUT2D eigenvalue weighted by Crippen LogP contribution is 2.22. The van der Waals surface area contributed by atoms with Crippen LogP contribution in [0.25, 0.3) is 0 Å². The van der Waals surface area contributed by atoms with Crippen LogP contribution < -0.4 is 16.4 Å². The minimum absolute atomic E-state index is 0.162. The predicted octanol–water partition coefficient (Wildman–Crippen LogP) is 2.91. The molecule has 0 bridgehead atoms. The highest BCUT2D eigenvalue weighted by Gasteiger charge is 2.22. The lowest BCUT2D eigenvalue weighted by Gasteiger charge is -2.27. The van der Waals surface area contributed by atoms with Gasteiger partial charge in [0, 0.05) is 17.3 Å². The van der Waals surface area contributed by atoms with Gasteiger partial charge in [0.05, 0.1) is 23.5 Å². The first-order valence-electron chi connectivity index (χ1n) is 9.16. The average molecular weight is 363 g/mol. The molecule has 0 fully saturated rings. The summed E-state index contributed by atoms with van der Waals surface area (Å²) in [4.78, 5) is 16.9. The Hall–Kier alpha value is -2.91. The Morgan fingerprint density at radius 3 is 2.81 bits per heavy atom. The molecule has 6 nitrogen and oxygen atoms in total. The second kappa shape index (κ2) is 7.77. The molecule has 140 valence electrons. The van der Waals surface area contributed by atoms with Crippen LogP contribution in [0.5, 0.6) is 0 Å². The van der Waals surface area contributed by atoms with Gasteiger partial charge in [0.15, 0.2) is 0 Å². The molecule has 0 spiro atoms. The lowest BCUT2D eigenvalue weighted by atomic mass is 9.92. The summed E-state index contributed by atoms with van der Waals surface area (Å²) in [5.41, 5.74) is 10.1. The standard InChI is InChI=1S/C21H25N5O/c1-21(2,11-14-3-5-15(12-22)6-4-14)26-20(27)25-18-10-16-9-17(23)7-8-19(16)24-13-18/h3-6,10,13,17H,7-9,11,23H2,1-2H3,(H2,25,26,27). The van der Waals surface area contributed by atoms with E-state index < -0.39 is 5.54 Å². The molecule has 6 heteroatoms. The number of carbonyl (C=O) groups excluding carboxylic acids is 1. The van der Waals surface area contributed by atoms with Gasteiger partial charge in [-0.1, -0.05) is 12.1 Å². The summed E-state index contributed by atoms with van der Waals surface area (Å²) < 4.78 is 0. The molecule has 0 aliphatic heterocycles. The molecule has 0 radical (unpaired) electrons. The quantitative estimate of drug-likeness (QED) is 0.777. The van der Waals surface area contributed by atoms with E-state index in [1.807, 2.05) is 32.0 Å². The number of nitrogens with zero attached hydrogens (tertiary/aromatic N) is 2. The van der Waals surface area contributed by atoms with E-state index in [9.17, 15) is 4.79 Å². The van der Waals surface area contributed by atoms with Crippen LogP contribution >= 0.6 is 0 Å². The van der Waals surface area contributed by atoms with E-state index in [0.29, 0.717) is 17.7 Å². The fourth-order valence-electron chi connectivity index (χ4n) is 3.44. The molecule has 0 saturated carbocycles. The van der Waals surface area contributed by atoms with Crippen molar-refractivity contribution >= 4 is 11.7 Å². The van der Waals surface area contributed by atoms with Gasteiger partial charge in [-0.3, -0.25) is 4.98 Å². The highest BCUT2D eigenvalue weighted by atomic mass is 16.2. The van der Waals surface area contributed by atoms with Gasteiger partial charge in [0.1, 0.15) is 0 Å². The number of aromatic nitrogens is 1. The van der Waals surface area contributed by atoms with Gasteiger partial charge >= 0.3 is 6.03 Å². The maximum Gasteiger partial charge on any atom is 0.319 e. The van der Waals surface area contributed by atoms with Crippen LogP contribution in [0.1, 0.15) is 42.7 Å². The van der Waals surface area contributed by atoms with Gasteiger partial charge in [0.25, 0.3) is 0 Å². The Morgan fingerprint density at radius 1 is 1.37 bits per heavy atom. The van der Waals surface area contributed by atoms with Crippen LogP contribution in [-0.4, -0.2) is 22.6 Å². The molecule has 27 heavy (non-hydrogen) atoms. The third kappa shape index (κ3) is 5.05. The third-order valence-electron chi connectivity index (χ3n) is 4.73. The maximum absolute atomic E-state index is 12.4. The molecule has 1 aromatic carbocycles. The number of urea groups is 1. The highest BCUT2D eigenvalue weighted by molar-refractivity contribution is 5.89. The number of benzene rings is 1. The van der Waals surface area contributed by atoms with Crippen LogP contribution in [0.2, 0.25) is 0 Å². The van der Waals surface area contributed by atoms with Crippen molar-refractivity contribution in [2.24, 2.45) is 5.73 Å². The Bertz CT molecular complexity index is 867. The molecule has 2 amide bonds. The maximum atomic E-state index is 12.4. The number of hydrogen-bond donors (Lipinski definition) is 3. The van der Waals surface area contributed by atoms with E-state index in [2.05, 4.69) is 21.7 Å².